The summed E-state index contributed by atoms with van der Waals surface area (Å²) in [7, 11) is 1.64. The number of amides is 2. The fourth-order valence-corrected chi connectivity index (χ4v) is 2.99. The Kier molecular flexibility index (Phi) is 5.64. The summed E-state index contributed by atoms with van der Waals surface area (Å²) >= 11 is 0. The first-order chi connectivity index (χ1) is 13.5. The first-order valence-corrected chi connectivity index (χ1v) is 8.73. The van der Waals surface area contributed by atoms with E-state index >= 15 is 0 Å². The van der Waals surface area contributed by atoms with Crippen molar-refractivity contribution in [2.24, 2.45) is 12.8 Å². The SMILES string of the molecule is Cn1ncc(-c2ccccc2)c1C(=O)N[C@@H](Cc1ccccc1)C(=O)C(N)=O. The van der Waals surface area contributed by atoms with Crippen LogP contribution in [-0.2, 0) is 23.1 Å². The second-order valence-corrected chi connectivity index (χ2v) is 6.34. The maximum Gasteiger partial charge on any atom is 0.287 e. The van der Waals surface area contributed by atoms with E-state index in [2.05, 4.69) is 10.4 Å². The minimum absolute atomic E-state index is 0.160. The van der Waals surface area contributed by atoms with E-state index < -0.39 is 23.6 Å². The van der Waals surface area contributed by atoms with Crippen molar-refractivity contribution in [1.29, 1.82) is 0 Å². The highest BCUT2D eigenvalue weighted by Gasteiger charge is 2.28. The lowest BCUT2D eigenvalue weighted by Gasteiger charge is -2.17. The van der Waals surface area contributed by atoms with Gasteiger partial charge in [-0.25, -0.2) is 0 Å². The number of aromatic nitrogens is 2. The van der Waals surface area contributed by atoms with E-state index in [1.165, 1.54) is 4.68 Å². The number of ketones is 1. The summed E-state index contributed by atoms with van der Waals surface area (Å²) in [5.41, 5.74) is 7.72. The van der Waals surface area contributed by atoms with Crippen LogP contribution in [0.3, 0.4) is 0 Å². The van der Waals surface area contributed by atoms with E-state index in [0.717, 1.165) is 11.1 Å². The maximum absolute atomic E-state index is 13.0. The number of carbonyl (C=O) groups is 3. The van der Waals surface area contributed by atoms with Gasteiger partial charge in [0, 0.05) is 19.0 Å². The molecule has 2 aromatic carbocycles. The molecule has 3 rings (SSSR count). The molecule has 0 aliphatic heterocycles. The molecule has 2 amide bonds. The third-order valence-electron chi connectivity index (χ3n) is 4.39. The number of rotatable bonds is 7. The molecule has 7 heteroatoms. The Labute approximate surface area is 162 Å². The molecule has 142 valence electrons. The Morgan fingerprint density at radius 1 is 1.04 bits per heavy atom. The first-order valence-electron chi connectivity index (χ1n) is 8.73. The van der Waals surface area contributed by atoms with Crippen LogP contribution in [0.1, 0.15) is 16.1 Å². The molecule has 3 aromatic rings. The molecule has 0 aliphatic carbocycles. The first kappa shape index (κ1) is 19.0. The number of nitrogens with zero attached hydrogens (tertiary/aromatic N) is 2. The average molecular weight is 376 g/mol. The van der Waals surface area contributed by atoms with Crippen LogP contribution in [0.25, 0.3) is 11.1 Å². The molecule has 7 nitrogen and oxygen atoms in total. The van der Waals surface area contributed by atoms with Crippen molar-refractivity contribution in [1.82, 2.24) is 15.1 Å². The Balaban J connectivity index is 1.89. The molecule has 1 atom stereocenters. The van der Waals surface area contributed by atoms with Gasteiger partial charge in [-0.05, 0) is 11.1 Å². The van der Waals surface area contributed by atoms with E-state index in [1.807, 2.05) is 60.7 Å². The van der Waals surface area contributed by atoms with Gasteiger partial charge >= 0.3 is 0 Å². The molecule has 1 heterocycles. The molecule has 0 spiro atoms. The molecule has 0 unspecified atom stereocenters. The number of nitrogens with one attached hydrogen (secondary N) is 1. The molecule has 28 heavy (non-hydrogen) atoms. The fourth-order valence-electron chi connectivity index (χ4n) is 2.99. The average Bonchev–Trinajstić information content (AvgIpc) is 3.10. The van der Waals surface area contributed by atoms with Crippen molar-refractivity contribution >= 4 is 17.6 Å². The van der Waals surface area contributed by atoms with Gasteiger partial charge in [-0.3, -0.25) is 19.1 Å². The van der Waals surface area contributed by atoms with Gasteiger partial charge in [-0.15, -0.1) is 0 Å². The summed E-state index contributed by atoms with van der Waals surface area (Å²) in [5, 5.41) is 6.81. The van der Waals surface area contributed by atoms with Crippen LogP contribution in [0.15, 0.2) is 66.9 Å². The number of carbonyl (C=O) groups excluding carboxylic acids is 3. The zero-order valence-corrected chi connectivity index (χ0v) is 15.3. The smallest absolute Gasteiger partial charge is 0.287 e. The van der Waals surface area contributed by atoms with Gasteiger partial charge in [0.2, 0.25) is 5.78 Å². The second-order valence-electron chi connectivity index (χ2n) is 6.34. The third-order valence-corrected chi connectivity index (χ3v) is 4.39. The molecule has 0 bridgehead atoms. The number of benzene rings is 2. The highest BCUT2D eigenvalue weighted by molar-refractivity contribution is 6.38. The standard InChI is InChI=1S/C21H20N4O3/c1-25-18(16(13-23-25)15-10-6-3-7-11-15)21(28)24-17(19(26)20(22)27)12-14-8-4-2-5-9-14/h2-11,13,17H,12H2,1H3,(H2,22,27)(H,24,28)/t17-/m0/s1. The van der Waals surface area contributed by atoms with Crippen LogP contribution in [0, 0.1) is 0 Å². The van der Waals surface area contributed by atoms with Crippen LogP contribution >= 0.6 is 0 Å². The van der Waals surface area contributed by atoms with E-state index in [4.69, 9.17) is 5.73 Å². The summed E-state index contributed by atoms with van der Waals surface area (Å²) in [5.74, 6) is -2.44. The Hall–Kier alpha value is -3.74. The normalized spacial score (nSPS) is 11.6. The lowest BCUT2D eigenvalue weighted by molar-refractivity contribution is -0.137. The number of Topliss-reactive ketones (excluding diaryl/α,β-unsaturated/α-hetero) is 1. The minimum atomic E-state index is -1.09. The molecular formula is C21H20N4O3. The molecule has 3 N–H and O–H groups in total. The zero-order chi connectivity index (χ0) is 20.1. The van der Waals surface area contributed by atoms with Crippen LogP contribution < -0.4 is 11.1 Å². The van der Waals surface area contributed by atoms with Crippen molar-refractivity contribution < 1.29 is 14.4 Å². The van der Waals surface area contributed by atoms with E-state index in [9.17, 15) is 14.4 Å². The topological polar surface area (TPSA) is 107 Å². The van der Waals surface area contributed by atoms with Gasteiger partial charge in [-0.1, -0.05) is 60.7 Å². The molecule has 0 saturated carbocycles. The maximum atomic E-state index is 13.0. The molecule has 0 radical (unpaired) electrons. The van der Waals surface area contributed by atoms with Gasteiger partial charge in [-0.2, -0.15) is 5.10 Å². The van der Waals surface area contributed by atoms with Gasteiger partial charge in [0.25, 0.3) is 11.8 Å². The van der Waals surface area contributed by atoms with Gasteiger partial charge in [0.1, 0.15) is 11.7 Å². The zero-order valence-electron chi connectivity index (χ0n) is 15.3. The Bertz CT molecular complexity index is 997. The number of hydrogen-bond donors (Lipinski definition) is 2. The van der Waals surface area contributed by atoms with Gasteiger partial charge in [0.15, 0.2) is 0 Å². The van der Waals surface area contributed by atoms with Crippen molar-refractivity contribution in [2.45, 2.75) is 12.5 Å². The summed E-state index contributed by atoms with van der Waals surface area (Å²) in [6, 6.07) is 17.4. The second kappa shape index (κ2) is 8.30. The van der Waals surface area contributed by atoms with Crippen LogP contribution in [0.4, 0.5) is 0 Å². The Morgan fingerprint density at radius 2 is 1.64 bits per heavy atom. The predicted octanol–water partition coefficient (Wildman–Crippen LogP) is 1.48. The van der Waals surface area contributed by atoms with Crippen LogP contribution in [0.2, 0.25) is 0 Å². The fraction of sp³-hybridized carbons (Fsp3) is 0.143. The van der Waals surface area contributed by atoms with E-state index in [-0.39, 0.29) is 6.42 Å². The van der Waals surface area contributed by atoms with Crippen LogP contribution in [0.5, 0.6) is 0 Å². The number of primary amides is 1. The molecule has 0 saturated heterocycles. The van der Waals surface area contributed by atoms with Crippen molar-refractivity contribution in [3.05, 3.63) is 78.1 Å². The van der Waals surface area contributed by atoms with Gasteiger partial charge < -0.3 is 11.1 Å². The molecule has 0 aliphatic rings. The number of aryl methyl sites for hydroxylation is 1. The summed E-state index contributed by atoms with van der Waals surface area (Å²) < 4.78 is 1.44. The monoisotopic (exact) mass is 376 g/mol. The lowest BCUT2D eigenvalue weighted by atomic mass is 10.0. The highest BCUT2D eigenvalue weighted by atomic mass is 16.2. The number of hydrogen-bond acceptors (Lipinski definition) is 4. The summed E-state index contributed by atoms with van der Waals surface area (Å²) in [6.07, 6.45) is 1.75. The van der Waals surface area contributed by atoms with E-state index in [0.29, 0.717) is 11.3 Å². The van der Waals surface area contributed by atoms with Crippen molar-refractivity contribution in [3.63, 3.8) is 0 Å². The quantitative estimate of drug-likeness (QED) is 0.609. The molecule has 1 aromatic heterocycles. The molecule has 0 fully saturated rings. The Morgan fingerprint density at radius 3 is 2.25 bits per heavy atom. The van der Waals surface area contributed by atoms with Crippen molar-refractivity contribution in [3.8, 4) is 11.1 Å². The number of nitrogens with two attached hydrogens (primary N) is 1. The van der Waals surface area contributed by atoms with Gasteiger partial charge in [0.05, 0.1) is 6.20 Å². The van der Waals surface area contributed by atoms with E-state index in [1.54, 1.807) is 13.2 Å². The van der Waals surface area contributed by atoms with Crippen molar-refractivity contribution in [2.75, 3.05) is 0 Å². The highest BCUT2D eigenvalue weighted by Crippen LogP contribution is 2.23. The minimum Gasteiger partial charge on any atom is -0.363 e. The lowest BCUT2D eigenvalue weighted by Crippen LogP contribution is -2.47. The summed E-state index contributed by atoms with van der Waals surface area (Å²) in [4.78, 5) is 36.7. The predicted molar refractivity (Wildman–Crippen MR) is 104 cm³/mol. The largest absolute Gasteiger partial charge is 0.363 e. The third kappa shape index (κ3) is 4.15. The summed E-state index contributed by atoms with van der Waals surface area (Å²) in [6.45, 7) is 0. The van der Waals surface area contributed by atoms with Crippen LogP contribution in [-0.4, -0.2) is 33.4 Å². The molecular weight excluding hydrogens is 356 g/mol.